The number of carbonyl (C=O) groups is 1. The second-order valence-electron chi connectivity index (χ2n) is 3.87. The zero-order chi connectivity index (χ0) is 10.6. The highest BCUT2D eigenvalue weighted by molar-refractivity contribution is 5.81. The van der Waals surface area contributed by atoms with Crippen molar-refractivity contribution in [3.05, 3.63) is 0 Å². The summed E-state index contributed by atoms with van der Waals surface area (Å²) < 4.78 is 0. The Labute approximate surface area is 83.9 Å². The van der Waals surface area contributed by atoms with Crippen molar-refractivity contribution >= 4 is 5.91 Å². The summed E-state index contributed by atoms with van der Waals surface area (Å²) >= 11 is 0. The summed E-state index contributed by atoms with van der Waals surface area (Å²) in [6, 6.07) is 1.95. The highest BCUT2D eigenvalue weighted by atomic mass is 16.3. The largest absolute Gasteiger partial charge is 0.394 e. The quantitative estimate of drug-likeness (QED) is 0.690. The molecule has 78 valence electrons. The van der Waals surface area contributed by atoms with Gasteiger partial charge in [-0.2, -0.15) is 5.26 Å². The fraction of sp³-hybridized carbons (Fsp3) is 0.800. The van der Waals surface area contributed by atoms with Crippen molar-refractivity contribution in [1.29, 1.82) is 5.26 Å². The van der Waals surface area contributed by atoms with Crippen LogP contribution in [0.1, 0.15) is 32.6 Å². The predicted molar refractivity (Wildman–Crippen MR) is 51.2 cm³/mol. The molecular formula is C10H16N2O2. The zero-order valence-electron chi connectivity index (χ0n) is 8.42. The average molecular weight is 196 g/mol. The summed E-state index contributed by atoms with van der Waals surface area (Å²) in [5, 5.41) is 20.6. The van der Waals surface area contributed by atoms with Gasteiger partial charge in [-0.15, -0.1) is 0 Å². The SMILES string of the molecule is CCC(C#N)C(=O)NC1(CO)CCC1. The predicted octanol–water partition coefficient (Wildman–Crippen LogP) is 0.567. The van der Waals surface area contributed by atoms with E-state index in [4.69, 9.17) is 10.4 Å². The number of carbonyl (C=O) groups excluding carboxylic acids is 1. The third kappa shape index (κ3) is 2.05. The number of nitriles is 1. The molecule has 4 heteroatoms. The Kier molecular flexibility index (Phi) is 3.48. The first-order valence-corrected chi connectivity index (χ1v) is 5.00. The molecule has 0 aromatic rings. The second-order valence-corrected chi connectivity index (χ2v) is 3.87. The van der Waals surface area contributed by atoms with E-state index in [1.807, 2.05) is 6.07 Å². The Balaban J connectivity index is 2.51. The lowest BCUT2D eigenvalue weighted by atomic mass is 9.77. The van der Waals surface area contributed by atoms with Crippen molar-refractivity contribution in [2.45, 2.75) is 38.1 Å². The van der Waals surface area contributed by atoms with Gasteiger partial charge in [0.15, 0.2) is 0 Å². The van der Waals surface area contributed by atoms with Crippen LogP contribution in [-0.2, 0) is 4.79 Å². The molecule has 1 rings (SSSR count). The van der Waals surface area contributed by atoms with Gasteiger partial charge in [-0.3, -0.25) is 4.79 Å². The zero-order valence-corrected chi connectivity index (χ0v) is 8.42. The van der Waals surface area contributed by atoms with Gasteiger partial charge in [0.1, 0.15) is 5.92 Å². The maximum absolute atomic E-state index is 11.5. The lowest BCUT2D eigenvalue weighted by Gasteiger charge is -2.41. The lowest BCUT2D eigenvalue weighted by molar-refractivity contribution is -0.127. The van der Waals surface area contributed by atoms with E-state index in [2.05, 4.69) is 5.32 Å². The monoisotopic (exact) mass is 196 g/mol. The molecule has 1 aliphatic carbocycles. The van der Waals surface area contributed by atoms with Crippen LogP contribution >= 0.6 is 0 Å². The summed E-state index contributed by atoms with van der Waals surface area (Å²) in [4.78, 5) is 11.5. The van der Waals surface area contributed by atoms with E-state index in [-0.39, 0.29) is 12.5 Å². The van der Waals surface area contributed by atoms with Gasteiger partial charge in [0, 0.05) is 0 Å². The molecule has 0 aromatic heterocycles. The molecule has 1 amide bonds. The van der Waals surface area contributed by atoms with Crippen molar-refractivity contribution < 1.29 is 9.90 Å². The molecule has 0 bridgehead atoms. The van der Waals surface area contributed by atoms with Crippen molar-refractivity contribution in [3.8, 4) is 6.07 Å². The van der Waals surface area contributed by atoms with E-state index in [0.717, 1.165) is 19.3 Å². The maximum Gasteiger partial charge on any atom is 0.237 e. The van der Waals surface area contributed by atoms with Crippen molar-refractivity contribution in [1.82, 2.24) is 5.32 Å². The van der Waals surface area contributed by atoms with Gasteiger partial charge in [0.2, 0.25) is 5.91 Å². The van der Waals surface area contributed by atoms with E-state index >= 15 is 0 Å². The third-order valence-corrected chi connectivity index (χ3v) is 2.88. The summed E-state index contributed by atoms with van der Waals surface area (Å²) in [6.07, 6.45) is 3.18. The third-order valence-electron chi connectivity index (χ3n) is 2.88. The summed E-state index contributed by atoms with van der Waals surface area (Å²) in [5.74, 6) is -0.831. The first-order valence-electron chi connectivity index (χ1n) is 5.00. The van der Waals surface area contributed by atoms with Gasteiger partial charge >= 0.3 is 0 Å². The highest BCUT2D eigenvalue weighted by Gasteiger charge is 2.38. The molecule has 1 fully saturated rings. The van der Waals surface area contributed by atoms with E-state index in [1.165, 1.54) is 0 Å². The maximum atomic E-state index is 11.5. The molecule has 0 radical (unpaired) electrons. The summed E-state index contributed by atoms with van der Waals surface area (Å²) in [5.41, 5.74) is -0.429. The second kappa shape index (κ2) is 4.43. The molecule has 4 nitrogen and oxygen atoms in total. The fourth-order valence-corrected chi connectivity index (χ4v) is 1.61. The molecule has 1 saturated carbocycles. The number of aliphatic hydroxyl groups excluding tert-OH is 1. The minimum Gasteiger partial charge on any atom is -0.394 e. The highest BCUT2D eigenvalue weighted by Crippen LogP contribution is 2.31. The number of hydrogen-bond donors (Lipinski definition) is 2. The van der Waals surface area contributed by atoms with Crippen LogP contribution in [0.25, 0.3) is 0 Å². The number of nitrogens with zero attached hydrogens (tertiary/aromatic N) is 1. The molecule has 14 heavy (non-hydrogen) atoms. The van der Waals surface area contributed by atoms with E-state index in [0.29, 0.717) is 6.42 Å². The first kappa shape index (κ1) is 11.0. The van der Waals surface area contributed by atoms with Crippen LogP contribution in [0.5, 0.6) is 0 Å². The van der Waals surface area contributed by atoms with Crippen LogP contribution in [0.4, 0.5) is 0 Å². The number of aliphatic hydroxyl groups is 1. The van der Waals surface area contributed by atoms with Gasteiger partial charge in [-0.05, 0) is 25.7 Å². The van der Waals surface area contributed by atoms with Crippen LogP contribution in [-0.4, -0.2) is 23.2 Å². The van der Waals surface area contributed by atoms with Crippen molar-refractivity contribution in [3.63, 3.8) is 0 Å². The van der Waals surface area contributed by atoms with E-state index in [9.17, 15) is 4.79 Å². The van der Waals surface area contributed by atoms with Crippen LogP contribution in [0.2, 0.25) is 0 Å². The van der Waals surface area contributed by atoms with Gasteiger partial charge in [-0.25, -0.2) is 0 Å². The molecule has 0 aliphatic heterocycles. The van der Waals surface area contributed by atoms with Crippen molar-refractivity contribution in [2.24, 2.45) is 5.92 Å². The van der Waals surface area contributed by atoms with Gasteiger partial charge in [0.05, 0.1) is 18.2 Å². The minimum atomic E-state index is -0.584. The van der Waals surface area contributed by atoms with Gasteiger partial charge in [0.25, 0.3) is 0 Å². The topological polar surface area (TPSA) is 73.1 Å². The lowest BCUT2D eigenvalue weighted by Crippen LogP contribution is -2.57. The summed E-state index contributed by atoms with van der Waals surface area (Å²) in [6.45, 7) is 1.78. The first-order chi connectivity index (χ1) is 6.67. The van der Waals surface area contributed by atoms with E-state index in [1.54, 1.807) is 6.92 Å². The van der Waals surface area contributed by atoms with Gasteiger partial charge in [-0.1, -0.05) is 6.92 Å². The van der Waals surface area contributed by atoms with E-state index < -0.39 is 11.5 Å². The Bertz CT molecular complexity index is 248. The smallest absolute Gasteiger partial charge is 0.237 e. The van der Waals surface area contributed by atoms with Crippen molar-refractivity contribution in [2.75, 3.05) is 6.61 Å². The Morgan fingerprint density at radius 1 is 1.71 bits per heavy atom. The molecule has 2 N–H and O–H groups in total. The molecule has 0 saturated heterocycles. The molecule has 0 aromatic carbocycles. The van der Waals surface area contributed by atoms with Crippen LogP contribution in [0, 0.1) is 17.2 Å². The molecule has 1 unspecified atom stereocenters. The van der Waals surface area contributed by atoms with Crippen LogP contribution in [0.15, 0.2) is 0 Å². The Hall–Kier alpha value is -1.08. The summed E-state index contributed by atoms with van der Waals surface area (Å²) in [7, 11) is 0. The molecule has 0 spiro atoms. The minimum absolute atomic E-state index is 0.0272. The van der Waals surface area contributed by atoms with Gasteiger partial charge < -0.3 is 10.4 Å². The molecular weight excluding hydrogens is 180 g/mol. The fourth-order valence-electron chi connectivity index (χ4n) is 1.61. The number of amides is 1. The normalized spacial score (nSPS) is 20.4. The number of hydrogen-bond acceptors (Lipinski definition) is 3. The molecule has 1 aliphatic rings. The van der Waals surface area contributed by atoms with Crippen LogP contribution < -0.4 is 5.32 Å². The molecule has 0 heterocycles. The number of nitrogens with one attached hydrogen (secondary N) is 1. The Morgan fingerprint density at radius 2 is 2.36 bits per heavy atom. The average Bonchev–Trinajstić information content (AvgIpc) is 2.13. The Morgan fingerprint density at radius 3 is 2.64 bits per heavy atom. The molecule has 1 atom stereocenters. The van der Waals surface area contributed by atoms with Crippen LogP contribution in [0.3, 0.4) is 0 Å². The standard InChI is InChI=1S/C10H16N2O2/c1-2-8(6-11)9(14)12-10(7-13)4-3-5-10/h8,13H,2-5,7H2,1H3,(H,12,14). The number of rotatable bonds is 4.